The summed E-state index contributed by atoms with van der Waals surface area (Å²) in [6.07, 6.45) is 3.41. The van der Waals surface area contributed by atoms with Gasteiger partial charge in [-0.3, -0.25) is 0 Å². The second-order valence-corrected chi connectivity index (χ2v) is 6.17. The number of pyridine rings is 1. The van der Waals surface area contributed by atoms with Crippen molar-refractivity contribution >= 4 is 45.5 Å². The SMILES string of the molecule is Nc1ccc(/C=C/c2nc3ccccc3c(C(=O)O)c2O)c2ccccc12. The number of carbonyl (C=O) groups is 1. The van der Waals surface area contributed by atoms with Gasteiger partial charge < -0.3 is 15.9 Å². The average molecular weight is 356 g/mol. The van der Waals surface area contributed by atoms with Crippen LogP contribution in [0.4, 0.5) is 5.69 Å². The van der Waals surface area contributed by atoms with E-state index in [1.807, 2.05) is 36.4 Å². The molecule has 0 atom stereocenters. The van der Waals surface area contributed by atoms with Crippen molar-refractivity contribution in [2.45, 2.75) is 0 Å². The molecule has 0 spiro atoms. The number of hydrogen-bond acceptors (Lipinski definition) is 4. The molecule has 1 aromatic heterocycles. The number of carboxylic acids is 1. The van der Waals surface area contributed by atoms with Gasteiger partial charge >= 0.3 is 5.97 Å². The molecule has 0 aliphatic heterocycles. The third kappa shape index (κ3) is 2.85. The number of para-hydroxylation sites is 1. The summed E-state index contributed by atoms with van der Waals surface area (Å²) in [7, 11) is 0. The molecule has 0 fully saturated rings. The number of aromatic hydroxyl groups is 1. The Balaban J connectivity index is 1.89. The number of aromatic carboxylic acids is 1. The van der Waals surface area contributed by atoms with E-state index in [0.717, 1.165) is 16.3 Å². The normalized spacial score (nSPS) is 11.4. The highest BCUT2D eigenvalue weighted by Gasteiger charge is 2.18. The molecule has 5 nitrogen and oxygen atoms in total. The van der Waals surface area contributed by atoms with Crippen LogP contribution in [0.1, 0.15) is 21.6 Å². The number of nitrogens with zero attached hydrogens (tertiary/aromatic N) is 1. The number of fused-ring (bicyclic) bond motifs is 2. The van der Waals surface area contributed by atoms with Gasteiger partial charge in [-0.05, 0) is 29.2 Å². The molecule has 0 unspecified atom stereocenters. The van der Waals surface area contributed by atoms with E-state index < -0.39 is 5.97 Å². The van der Waals surface area contributed by atoms with Gasteiger partial charge in [0.25, 0.3) is 0 Å². The van der Waals surface area contributed by atoms with Crippen molar-refractivity contribution in [2.75, 3.05) is 5.73 Å². The van der Waals surface area contributed by atoms with Crippen LogP contribution in [0.15, 0.2) is 60.7 Å². The first-order valence-corrected chi connectivity index (χ1v) is 8.36. The highest BCUT2D eigenvalue weighted by Crippen LogP contribution is 2.31. The van der Waals surface area contributed by atoms with Crippen LogP contribution in [0.2, 0.25) is 0 Å². The Morgan fingerprint density at radius 3 is 2.30 bits per heavy atom. The Bertz CT molecular complexity index is 1230. The minimum Gasteiger partial charge on any atom is -0.505 e. The Morgan fingerprint density at radius 2 is 1.56 bits per heavy atom. The molecule has 1 heterocycles. The molecule has 0 bridgehead atoms. The second kappa shape index (κ2) is 6.46. The number of nitrogens with two attached hydrogens (primary N) is 1. The van der Waals surface area contributed by atoms with Gasteiger partial charge in [0.2, 0.25) is 0 Å². The molecular formula is C22H16N2O3. The monoisotopic (exact) mass is 356 g/mol. The molecule has 4 aromatic rings. The lowest BCUT2D eigenvalue weighted by atomic mass is 10.0. The van der Waals surface area contributed by atoms with Crippen molar-refractivity contribution < 1.29 is 15.0 Å². The van der Waals surface area contributed by atoms with Gasteiger partial charge in [-0.15, -0.1) is 0 Å². The maximum atomic E-state index is 11.6. The summed E-state index contributed by atoms with van der Waals surface area (Å²) in [5.41, 5.74) is 8.17. The average Bonchev–Trinajstić information content (AvgIpc) is 2.67. The Labute approximate surface area is 155 Å². The third-order valence-electron chi connectivity index (χ3n) is 4.52. The molecule has 0 aliphatic carbocycles. The molecule has 4 rings (SSSR count). The summed E-state index contributed by atoms with van der Waals surface area (Å²) in [4.78, 5) is 16.1. The van der Waals surface area contributed by atoms with Gasteiger partial charge in [0.15, 0.2) is 5.75 Å². The number of anilines is 1. The molecule has 3 aromatic carbocycles. The van der Waals surface area contributed by atoms with E-state index in [0.29, 0.717) is 16.6 Å². The lowest BCUT2D eigenvalue weighted by molar-refractivity contribution is 0.0696. The van der Waals surface area contributed by atoms with Gasteiger partial charge in [0, 0.05) is 16.5 Å². The summed E-state index contributed by atoms with van der Waals surface area (Å²) < 4.78 is 0. The molecule has 4 N–H and O–H groups in total. The van der Waals surface area contributed by atoms with Gasteiger partial charge in [-0.1, -0.05) is 54.6 Å². The van der Waals surface area contributed by atoms with Crippen molar-refractivity contribution in [2.24, 2.45) is 0 Å². The van der Waals surface area contributed by atoms with Crippen molar-refractivity contribution in [1.29, 1.82) is 0 Å². The molecule has 0 radical (unpaired) electrons. The number of carboxylic acid groups (broad SMARTS) is 1. The minimum absolute atomic E-state index is 0.151. The van der Waals surface area contributed by atoms with E-state index >= 15 is 0 Å². The van der Waals surface area contributed by atoms with Gasteiger partial charge in [0.05, 0.1) is 5.52 Å². The summed E-state index contributed by atoms with van der Waals surface area (Å²) in [5, 5.41) is 22.3. The Morgan fingerprint density at radius 1 is 0.889 bits per heavy atom. The number of hydrogen-bond donors (Lipinski definition) is 3. The first-order chi connectivity index (χ1) is 13.1. The standard InChI is InChI=1S/C22H16N2O3/c23-17-11-9-13(14-5-1-2-6-15(14)17)10-12-19-21(25)20(22(26)27)16-7-3-4-8-18(16)24-19/h1-12,25H,23H2,(H,26,27)/b12-10+. The summed E-state index contributed by atoms with van der Waals surface area (Å²) >= 11 is 0. The van der Waals surface area contributed by atoms with Crippen LogP contribution < -0.4 is 5.73 Å². The lowest BCUT2D eigenvalue weighted by Gasteiger charge is -2.08. The topological polar surface area (TPSA) is 96.4 Å². The number of nitrogen functional groups attached to an aromatic ring is 1. The molecule has 27 heavy (non-hydrogen) atoms. The zero-order valence-corrected chi connectivity index (χ0v) is 14.3. The summed E-state index contributed by atoms with van der Waals surface area (Å²) in [6.45, 7) is 0. The Hall–Kier alpha value is -3.86. The van der Waals surface area contributed by atoms with E-state index in [4.69, 9.17) is 5.73 Å². The van der Waals surface area contributed by atoms with Crippen LogP contribution in [0.3, 0.4) is 0 Å². The molecular weight excluding hydrogens is 340 g/mol. The summed E-state index contributed by atoms with van der Waals surface area (Å²) in [5.74, 6) is -1.55. The maximum Gasteiger partial charge on any atom is 0.340 e. The van der Waals surface area contributed by atoms with E-state index in [1.54, 1.807) is 36.4 Å². The van der Waals surface area contributed by atoms with E-state index in [-0.39, 0.29) is 17.0 Å². The van der Waals surface area contributed by atoms with E-state index in [9.17, 15) is 15.0 Å². The van der Waals surface area contributed by atoms with Gasteiger partial charge in [0.1, 0.15) is 11.3 Å². The predicted molar refractivity (Wildman–Crippen MR) is 108 cm³/mol. The van der Waals surface area contributed by atoms with Crippen LogP contribution >= 0.6 is 0 Å². The van der Waals surface area contributed by atoms with Crippen molar-refractivity contribution in [3.63, 3.8) is 0 Å². The number of benzene rings is 3. The Kier molecular flexibility index (Phi) is 3.97. The minimum atomic E-state index is -1.20. The van der Waals surface area contributed by atoms with Crippen LogP contribution in [0, 0.1) is 0 Å². The third-order valence-corrected chi connectivity index (χ3v) is 4.52. The largest absolute Gasteiger partial charge is 0.505 e. The van der Waals surface area contributed by atoms with Crippen molar-refractivity contribution in [3.05, 3.63) is 77.5 Å². The van der Waals surface area contributed by atoms with E-state index in [1.165, 1.54) is 0 Å². The quantitative estimate of drug-likeness (QED) is 0.468. The van der Waals surface area contributed by atoms with Crippen molar-refractivity contribution in [1.82, 2.24) is 4.98 Å². The highest BCUT2D eigenvalue weighted by atomic mass is 16.4. The molecule has 5 heteroatoms. The van der Waals surface area contributed by atoms with Crippen molar-refractivity contribution in [3.8, 4) is 5.75 Å². The molecule has 0 amide bonds. The molecule has 132 valence electrons. The smallest absolute Gasteiger partial charge is 0.340 e. The van der Waals surface area contributed by atoms with Gasteiger partial charge in [-0.2, -0.15) is 0 Å². The van der Waals surface area contributed by atoms with Crippen LogP contribution in [-0.2, 0) is 0 Å². The van der Waals surface area contributed by atoms with Crippen LogP contribution in [0.25, 0.3) is 33.8 Å². The first kappa shape index (κ1) is 16.6. The van der Waals surface area contributed by atoms with E-state index in [2.05, 4.69) is 4.98 Å². The molecule has 0 aliphatic rings. The fraction of sp³-hybridized carbons (Fsp3) is 0. The highest BCUT2D eigenvalue weighted by molar-refractivity contribution is 6.06. The van der Waals surface area contributed by atoms with Crippen LogP contribution in [0.5, 0.6) is 5.75 Å². The first-order valence-electron chi connectivity index (χ1n) is 8.36. The summed E-state index contributed by atoms with van der Waals surface area (Å²) in [6, 6.07) is 18.3. The zero-order chi connectivity index (χ0) is 19.0. The molecule has 0 saturated heterocycles. The number of aromatic nitrogens is 1. The molecule has 0 saturated carbocycles. The van der Waals surface area contributed by atoms with Gasteiger partial charge in [-0.25, -0.2) is 9.78 Å². The fourth-order valence-corrected chi connectivity index (χ4v) is 3.21. The maximum absolute atomic E-state index is 11.6. The number of rotatable bonds is 3. The lowest BCUT2D eigenvalue weighted by Crippen LogP contribution is -2.01. The predicted octanol–water partition coefficient (Wildman–Crippen LogP) is 4.54. The van der Waals surface area contributed by atoms with Crippen LogP contribution in [-0.4, -0.2) is 21.2 Å². The second-order valence-electron chi connectivity index (χ2n) is 6.17. The fourth-order valence-electron chi connectivity index (χ4n) is 3.21. The zero-order valence-electron chi connectivity index (χ0n) is 14.3.